The molecule has 1 unspecified atom stereocenters. The molecule has 134 valence electrons. The summed E-state index contributed by atoms with van der Waals surface area (Å²) < 4.78 is 43.4. The van der Waals surface area contributed by atoms with Crippen molar-refractivity contribution in [2.45, 2.75) is 38.6 Å². The van der Waals surface area contributed by atoms with Gasteiger partial charge >= 0.3 is 6.18 Å². The van der Waals surface area contributed by atoms with Gasteiger partial charge in [0.1, 0.15) is 0 Å². The SMILES string of the molecule is CCNC(=NCC1CCCO1)N(C)Cc1ccc(C(F)(F)F)cc1. The fourth-order valence-corrected chi connectivity index (χ4v) is 2.59. The first kappa shape index (κ1) is 18.6. The van der Waals surface area contributed by atoms with E-state index in [1.54, 1.807) is 0 Å². The van der Waals surface area contributed by atoms with Crippen LogP contribution in [0.5, 0.6) is 0 Å². The van der Waals surface area contributed by atoms with E-state index in [0.717, 1.165) is 49.6 Å². The number of halogens is 3. The van der Waals surface area contributed by atoms with E-state index in [1.807, 2.05) is 18.9 Å². The molecule has 1 saturated heterocycles. The number of benzene rings is 1. The molecule has 4 nitrogen and oxygen atoms in total. The van der Waals surface area contributed by atoms with Crippen LogP contribution in [0, 0.1) is 0 Å². The van der Waals surface area contributed by atoms with Crippen molar-refractivity contribution in [2.75, 3.05) is 26.7 Å². The number of hydrogen-bond donors (Lipinski definition) is 1. The lowest BCUT2D eigenvalue weighted by atomic mass is 10.1. The highest BCUT2D eigenvalue weighted by atomic mass is 19.4. The van der Waals surface area contributed by atoms with Gasteiger partial charge in [-0.25, -0.2) is 0 Å². The molecule has 1 aromatic rings. The Labute approximate surface area is 140 Å². The van der Waals surface area contributed by atoms with Crippen molar-refractivity contribution in [3.8, 4) is 0 Å². The van der Waals surface area contributed by atoms with Gasteiger partial charge in [-0.3, -0.25) is 4.99 Å². The number of guanidine groups is 1. The molecule has 0 aliphatic carbocycles. The lowest BCUT2D eigenvalue weighted by molar-refractivity contribution is -0.137. The van der Waals surface area contributed by atoms with Gasteiger partial charge in [-0.05, 0) is 37.5 Å². The average molecular weight is 343 g/mol. The van der Waals surface area contributed by atoms with Crippen LogP contribution < -0.4 is 5.32 Å². The molecule has 1 aliphatic rings. The molecule has 0 saturated carbocycles. The van der Waals surface area contributed by atoms with Gasteiger partial charge < -0.3 is 15.0 Å². The minimum atomic E-state index is -4.30. The first-order valence-corrected chi connectivity index (χ1v) is 8.17. The number of nitrogens with zero attached hydrogens (tertiary/aromatic N) is 2. The van der Waals surface area contributed by atoms with Gasteiger partial charge in [0, 0.05) is 26.7 Å². The molecule has 0 spiro atoms. The fraction of sp³-hybridized carbons (Fsp3) is 0.588. The molecule has 1 aromatic carbocycles. The molecule has 0 amide bonds. The number of alkyl halides is 3. The summed E-state index contributed by atoms with van der Waals surface area (Å²) in [6.45, 7) is 4.57. The smallest absolute Gasteiger partial charge is 0.376 e. The highest BCUT2D eigenvalue weighted by molar-refractivity contribution is 5.79. The molecule has 1 aliphatic heterocycles. The quantitative estimate of drug-likeness (QED) is 0.658. The van der Waals surface area contributed by atoms with Crippen LogP contribution in [0.2, 0.25) is 0 Å². The number of aliphatic imine (C=N–C) groups is 1. The Morgan fingerprint density at radius 1 is 1.33 bits per heavy atom. The summed E-state index contributed by atoms with van der Waals surface area (Å²) in [7, 11) is 1.87. The Morgan fingerprint density at radius 2 is 2.04 bits per heavy atom. The monoisotopic (exact) mass is 343 g/mol. The highest BCUT2D eigenvalue weighted by Gasteiger charge is 2.29. The zero-order valence-electron chi connectivity index (χ0n) is 14.1. The molecule has 0 bridgehead atoms. The van der Waals surface area contributed by atoms with Crippen molar-refractivity contribution in [1.82, 2.24) is 10.2 Å². The van der Waals surface area contributed by atoms with E-state index in [2.05, 4.69) is 10.3 Å². The molecular weight excluding hydrogens is 319 g/mol. The molecule has 0 aromatic heterocycles. The van der Waals surface area contributed by atoms with Crippen LogP contribution in [0.25, 0.3) is 0 Å². The maximum Gasteiger partial charge on any atom is 0.416 e. The zero-order chi connectivity index (χ0) is 17.6. The molecule has 1 fully saturated rings. The predicted octanol–water partition coefficient (Wildman–Crippen LogP) is 3.28. The van der Waals surface area contributed by atoms with E-state index in [4.69, 9.17) is 4.74 Å². The van der Waals surface area contributed by atoms with Crippen molar-refractivity contribution < 1.29 is 17.9 Å². The molecule has 2 rings (SSSR count). The van der Waals surface area contributed by atoms with Crippen molar-refractivity contribution in [3.63, 3.8) is 0 Å². The van der Waals surface area contributed by atoms with Gasteiger partial charge in [0.05, 0.1) is 18.2 Å². The number of nitrogens with one attached hydrogen (secondary N) is 1. The minimum absolute atomic E-state index is 0.165. The third kappa shape index (κ3) is 5.40. The van der Waals surface area contributed by atoms with Crippen LogP contribution >= 0.6 is 0 Å². The van der Waals surface area contributed by atoms with E-state index >= 15 is 0 Å². The van der Waals surface area contributed by atoms with Crippen LogP contribution in [0.1, 0.15) is 30.9 Å². The second kappa shape index (κ2) is 8.37. The third-order valence-electron chi connectivity index (χ3n) is 3.87. The summed E-state index contributed by atoms with van der Waals surface area (Å²) in [5.41, 5.74) is 0.168. The van der Waals surface area contributed by atoms with Crippen LogP contribution in [0.4, 0.5) is 13.2 Å². The van der Waals surface area contributed by atoms with Gasteiger partial charge in [0.15, 0.2) is 5.96 Å². The summed E-state index contributed by atoms with van der Waals surface area (Å²) in [5.74, 6) is 0.730. The zero-order valence-corrected chi connectivity index (χ0v) is 14.1. The first-order chi connectivity index (χ1) is 11.4. The Morgan fingerprint density at radius 3 is 2.58 bits per heavy atom. The maximum atomic E-state index is 12.6. The standard InChI is InChI=1S/C17H24F3N3O/c1-3-21-16(22-11-15-5-4-10-24-15)23(2)12-13-6-8-14(9-7-13)17(18,19)20/h6-9,15H,3-5,10-12H2,1-2H3,(H,21,22). The molecule has 24 heavy (non-hydrogen) atoms. The second-order valence-electron chi connectivity index (χ2n) is 5.88. The van der Waals surface area contributed by atoms with E-state index in [9.17, 15) is 13.2 Å². The third-order valence-corrected chi connectivity index (χ3v) is 3.87. The van der Waals surface area contributed by atoms with Crippen molar-refractivity contribution >= 4 is 5.96 Å². The van der Waals surface area contributed by atoms with Gasteiger partial charge in [0.25, 0.3) is 0 Å². The molecular formula is C17H24F3N3O. The van der Waals surface area contributed by atoms with E-state index in [-0.39, 0.29) is 6.10 Å². The fourth-order valence-electron chi connectivity index (χ4n) is 2.59. The highest BCUT2D eigenvalue weighted by Crippen LogP contribution is 2.29. The molecule has 7 heteroatoms. The van der Waals surface area contributed by atoms with Crippen LogP contribution in [-0.4, -0.2) is 43.7 Å². The lowest BCUT2D eigenvalue weighted by Gasteiger charge is -2.23. The van der Waals surface area contributed by atoms with Crippen LogP contribution in [0.3, 0.4) is 0 Å². The Hall–Kier alpha value is -1.76. The average Bonchev–Trinajstić information content (AvgIpc) is 3.04. The van der Waals surface area contributed by atoms with Crippen LogP contribution in [0.15, 0.2) is 29.3 Å². The van der Waals surface area contributed by atoms with Crippen LogP contribution in [-0.2, 0) is 17.5 Å². The van der Waals surface area contributed by atoms with Gasteiger partial charge in [-0.1, -0.05) is 12.1 Å². The minimum Gasteiger partial charge on any atom is -0.376 e. The summed E-state index contributed by atoms with van der Waals surface area (Å²) in [5, 5.41) is 3.20. The Kier molecular flexibility index (Phi) is 6.48. The summed E-state index contributed by atoms with van der Waals surface area (Å²) in [4.78, 5) is 6.48. The van der Waals surface area contributed by atoms with Crippen molar-refractivity contribution in [3.05, 3.63) is 35.4 Å². The largest absolute Gasteiger partial charge is 0.416 e. The molecule has 1 heterocycles. The van der Waals surface area contributed by atoms with E-state index < -0.39 is 11.7 Å². The molecule has 0 radical (unpaired) electrons. The number of rotatable bonds is 5. The topological polar surface area (TPSA) is 36.9 Å². The summed E-state index contributed by atoms with van der Waals surface area (Å²) >= 11 is 0. The Bertz CT molecular complexity index is 537. The Balaban J connectivity index is 1.98. The number of hydrogen-bond acceptors (Lipinski definition) is 2. The van der Waals surface area contributed by atoms with Crippen molar-refractivity contribution in [1.29, 1.82) is 0 Å². The molecule has 1 atom stereocenters. The van der Waals surface area contributed by atoms with Gasteiger partial charge in [-0.2, -0.15) is 13.2 Å². The van der Waals surface area contributed by atoms with Crippen molar-refractivity contribution in [2.24, 2.45) is 4.99 Å². The van der Waals surface area contributed by atoms with Gasteiger partial charge in [0.2, 0.25) is 0 Å². The summed E-state index contributed by atoms with van der Waals surface area (Å²) in [6.07, 6.45) is -2.05. The predicted molar refractivity (Wildman–Crippen MR) is 87.9 cm³/mol. The first-order valence-electron chi connectivity index (χ1n) is 8.17. The maximum absolute atomic E-state index is 12.6. The number of ether oxygens (including phenoxy) is 1. The second-order valence-corrected chi connectivity index (χ2v) is 5.88. The normalized spacial score (nSPS) is 18.7. The van der Waals surface area contributed by atoms with Gasteiger partial charge in [-0.15, -0.1) is 0 Å². The van der Waals surface area contributed by atoms with E-state index in [0.29, 0.717) is 13.1 Å². The lowest BCUT2D eigenvalue weighted by Crippen LogP contribution is -2.39. The van der Waals surface area contributed by atoms with E-state index in [1.165, 1.54) is 12.1 Å². The summed E-state index contributed by atoms with van der Waals surface area (Å²) in [6, 6.07) is 5.23. The molecule has 1 N–H and O–H groups in total.